The van der Waals surface area contributed by atoms with Crippen LogP contribution in [0.1, 0.15) is 5.56 Å². The summed E-state index contributed by atoms with van der Waals surface area (Å²) < 4.78 is 0. The number of hydrogen-bond donors (Lipinski definition) is 1. The Bertz CT molecular complexity index is 611. The Hall–Kier alpha value is -2.89. The fraction of sp³-hybridized carbons (Fsp3) is 0.0714. The summed E-state index contributed by atoms with van der Waals surface area (Å²) in [4.78, 5) is 22.5. The van der Waals surface area contributed by atoms with Crippen molar-refractivity contribution in [2.75, 3.05) is 4.90 Å². The molecule has 6 heteroatoms. The molecule has 0 aromatic heterocycles. The van der Waals surface area contributed by atoms with Crippen LogP contribution >= 0.6 is 0 Å². The predicted octanol–water partition coefficient (Wildman–Crippen LogP) is 3.28. The first-order chi connectivity index (χ1) is 9.58. The molecule has 0 spiro atoms. The lowest BCUT2D eigenvalue weighted by Crippen LogP contribution is -2.28. The van der Waals surface area contributed by atoms with E-state index in [1.165, 1.54) is 24.3 Å². The molecule has 0 atom stereocenters. The summed E-state index contributed by atoms with van der Waals surface area (Å²) in [6.07, 6.45) is -1.11. The molecular weight excluding hydrogens is 260 g/mol. The fourth-order valence-electron chi connectivity index (χ4n) is 1.79. The van der Waals surface area contributed by atoms with Crippen LogP contribution in [-0.4, -0.2) is 16.1 Å². The molecular formula is C14H12N2O4. The van der Waals surface area contributed by atoms with Crippen LogP contribution in [0.15, 0.2) is 54.6 Å². The SMILES string of the molecule is O=C(O)N(Cc1ccccc1)c1ccc([N+](=O)[O-])cc1. The van der Waals surface area contributed by atoms with E-state index in [1.54, 1.807) is 0 Å². The van der Waals surface area contributed by atoms with Crippen molar-refractivity contribution in [2.24, 2.45) is 0 Å². The molecule has 1 amide bonds. The molecule has 102 valence electrons. The van der Waals surface area contributed by atoms with Gasteiger partial charge in [0.1, 0.15) is 0 Å². The highest BCUT2D eigenvalue weighted by Gasteiger charge is 2.16. The monoisotopic (exact) mass is 272 g/mol. The summed E-state index contributed by atoms with van der Waals surface area (Å²) >= 11 is 0. The molecule has 2 aromatic carbocycles. The van der Waals surface area contributed by atoms with Crippen molar-refractivity contribution < 1.29 is 14.8 Å². The second-order valence-corrected chi connectivity index (χ2v) is 4.13. The van der Waals surface area contributed by atoms with E-state index in [-0.39, 0.29) is 12.2 Å². The van der Waals surface area contributed by atoms with Crippen molar-refractivity contribution in [1.82, 2.24) is 0 Å². The molecule has 0 aliphatic heterocycles. The number of hydrogen-bond acceptors (Lipinski definition) is 3. The van der Waals surface area contributed by atoms with Gasteiger partial charge in [0.25, 0.3) is 5.69 Å². The van der Waals surface area contributed by atoms with E-state index in [4.69, 9.17) is 0 Å². The van der Waals surface area contributed by atoms with E-state index in [2.05, 4.69) is 0 Å². The summed E-state index contributed by atoms with van der Waals surface area (Å²) in [6.45, 7) is 0.188. The Kier molecular flexibility index (Phi) is 3.95. The highest BCUT2D eigenvalue weighted by atomic mass is 16.6. The van der Waals surface area contributed by atoms with E-state index < -0.39 is 11.0 Å². The van der Waals surface area contributed by atoms with Gasteiger partial charge in [-0.05, 0) is 17.7 Å². The second kappa shape index (κ2) is 5.83. The maximum absolute atomic E-state index is 11.3. The zero-order chi connectivity index (χ0) is 14.5. The molecule has 1 N–H and O–H groups in total. The Labute approximate surface area is 115 Å². The van der Waals surface area contributed by atoms with Gasteiger partial charge in [-0.3, -0.25) is 15.0 Å². The van der Waals surface area contributed by atoms with Gasteiger partial charge in [-0.25, -0.2) is 4.79 Å². The summed E-state index contributed by atoms with van der Waals surface area (Å²) in [5, 5.41) is 19.8. The molecule has 0 heterocycles. The quantitative estimate of drug-likeness (QED) is 0.683. The number of rotatable bonds is 4. The normalized spacial score (nSPS) is 10.0. The molecule has 0 unspecified atom stereocenters. The third-order valence-electron chi connectivity index (χ3n) is 2.79. The number of nitro groups is 1. The van der Waals surface area contributed by atoms with Gasteiger partial charge in [0.2, 0.25) is 0 Å². The average molecular weight is 272 g/mol. The van der Waals surface area contributed by atoms with Gasteiger partial charge in [-0.1, -0.05) is 30.3 Å². The van der Waals surface area contributed by atoms with Crippen LogP contribution in [0.2, 0.25) is 0 Å². The summed E-state index contributed by atoms with van der Waals surface area (Å²) in [6, 6.07) is 14.6. The zero-order valence-electron chi connectivity index (χ0n) is 10.5. The van der Waals surface area contributed by atoms with Crippen LogP contribution in [0, 0.1) is 10.1 Å². The summed E-state index contributed by atoms with van der Waals surface area (Å²) in [7, 11) is 0. The van der Waals surface area contributed by atoms with Crippen molar-refractivity contribution in [3.05, 3.63) is 70.3 Å². The molecule has 0 saturated heterocycles. The number of nitrogens with zero attached hydrogens (tertiary/aromatic N) is 2. The van der Waals surface area contributed by atoms with Gasteiger partial charge in [-0.2, -0.15) is 0 Å². The summed E-state index contributed by atoms with van der Waals surface area (Å²) in [5.74, 6) is 0. The van der Waals surface area contributed by atoms with E-state index in [9.17, 15) is 20.0 Å². The van der Waals surface area contributed by atoms with E-state index in [1.807, 2.05) is 30.3 Å². The largest absolute Gasteiger partial charge is 0.465 e. The standard InChI is InChI=1S/C14H12N2O4/c17-14(18)15(10-11-4-2-1-3-5-11)12-6-8-13(9-7-12)16(19)20/h1-9H,10H2,(H,17,18). The number of anilines is 1. The van der Waals surface area contributed by atoms with Gasteiger partial charge in [0.05, 0.1) is 11.5 Å². The first kappa shape index (κ1) is 13.5. The smallest absolute Gasteiger partial charge is 0.412 e. The number of carbonyl (C=O) groups is 1. The van der Waals surface area contributed by atoms with Crippen LogP contribution in [0.3, 0.4) is 0 Å². The van der Waals surface area contributed by atoms with E-state index in [0.29, 0.717) is 5.69 Å². The number of nitro benzene ring substituents is 1. The summed E-state index contributed by atoms with van der Waals surface area (Å²) in [5.41, 5.74) is 1.17. The van der Waals surface area contributed by atoms with Crippen LogP contribution in [0.4, 0.5) is 16.2 Å². The van der Waals surface area contributed by atoms with Crippen molar-refractivity contribution in [3.8, 4) is 0 Å². The number of benzene rings is 2. The lowest BCUT2D eigenvalue weighted by molar-refractivity contribution is -0.384. The molecule has 6 nitrogen and oxygen atoms in total. The van der Waals surface area contributed by atoms with Crippen LogP contribution in [0.25, 0.3) is 0 Å². The molecule has 0 saturated carbocycles. The van der Waals surface area contributed by atoms with E-state index >= 15 is 0 Å². The van der Waals surface area contributed by atoms with Crippen molar-refractivity contribution in [2.45, 2.75) is 6.54 Å². The minimum absolute atomic E-state index is 0.0706. The first-order valence-electron chi connectivity index (χ1n) is 5.87. The molecule has 0 fully saturated rings. The Balaban J connectivity index is 2.25. The number of non-ortho nitro benzene ring substituents is 1. The topological polar surface area (TPSA) is 83.7 Å². The minimum Gasteiger partial charge on any atom is -0.465 e. The molecule has 2 aromatic rings. The second-order valence-electron chi connectivity index (χ2n) is 4.13. The molecule has 0 aliphatic rings. The molecule has 0 bridgehead atoms. The molecule has 2 rings (SSSR count). The van der Waals surface area contributed by atoms with Gasteiger partial charge < -0.3 is 5.11 Å². The fourth-order valence-corrected chi connectivity index (χ4v) is 1.79. The highest BCUT2D eigenvalue weighted by Crippen LogP contribution is 2.21. The van der Waals surface area contributed by atoms with Crippen molar-refractivity contribution in [3.63, 3.8) is 0 Å². The minimum atomic E-state index is -1.11. The maximum Gasteiger partial charge on any atom is 0.412 e. The molecule has 20 heavy (non-hydrogen) atoms. The van der Waals surface area contributed by atoms with Gasteiger partial charge in [0.15, 0.2) is 0 Å². The Morgan fingerprint density at radius 2 is 1.70 bits per heavy atom. The van der Waals surface area contributed by atoms with Gasteiger partial charge >= 0.3 is 6.09 Å². The Morgan fingerprint density at radius 1 is 1.10 bits per heavy atom. The lowest BCUT2D eigenvalue weighted by Gasteiger charge is -2.19. The van der Waals surface area contributed by atoms with Crippen LogP contribution in [0.5, 0.6) is 0 Å². The lowest BCUT2D eigenvalue weighted by atomic mass is 10.2. The van der Waals surface area contributed by atoms with E-state index in [0.717, 1.165) is 10.5 Å². The predicted molar refractivity (Wildman–Crippen MR) is 73.7 cm³/mol. The van der Waals surface area contributed by atoms with Gasteiger partial charge in [0, 0.05) is 17.8 Å². The maximum atomic E-state index is 11.3. The van der Waals surface area contributed by atoms with Gasteiger partial charge in [-0.15, -0.1) is 0 Å². The zero-order valence-corrected chi connectivity index (χ0v) is 10.5. The van der Waals surface area contributed by atoms with Crippen molar-refractivity contribution in [1.29, 1.82) is 0 Å². The third-order valence-corrected chi connectivity index (χ3v) is 2.79. The molecule has 0 radical (unpaired) electrons. The first-order valence-corrected chi connectivity index (χ1v) is 5.87. The van der Waals surface area contributed by atoms with Crippen LogP contribution in [-0.2, 0) is 6.54 Å². The number of carboxylic acid groups (broad SMARTS) is 1. The van der Waals surface area contributed by atoms with Crippen molar-refractivity contribution >= 4 is 17.5 Å². The van der Waals surface area contributed by atoms with Crippen LogP contribution < -0.4 is 4.90 Å². The Morgan fingerprint density at radius 3 is 2.20 bits per heavy atom. The highest BCUT2D eigenvalue weighted by molar-refractivity contribution is 5.86. The molecule has 0 aliphatic carbocycles. The number of amides is 1. The average Bonchev–Trinajstić information content (AvgIpc) is 2.45. The third kappa shape index (κ3) is 3.11.